The number of rotatable bonds is 1. The number of thiophene rings is 1. The van der Waals surface area contributed by atoms with Crippen LogP contribution in [0.5, 0.6) is 0 Å². The van der Waals surface area contributed by atoms with Gasteiger partial charge in [-0.3, -0.25) is 4.79 Å². The molecule has 0 unspecified atom stereocenters. The molecular formula is C12H7FN2O3S. The number of aromatic amines is 1. The Labute approximate surface area is 109 Å². The van der Waals surface area contributed by atoms with Crippen LogP contribution in [0.25, 0.3) is 20.7 Å². The lowest BCUT2D eigenvalue weighted by Gasteiger charge is -1.95. The maximum absolute atomic E-state index is 12.8. The van der Waals surface area contributed by atoms with Crippen molar-refractivity contribution < 1.29 is 9.60 Å². The van der Waals surface area contributed by atoms with Crippen molar-refractivity contribution in [3.63, 3.8) is 0 Å². The van der Waals surface area contributed by atoms with Gasteiger partial charge in [0.15, 0.2) is 0 Å². The lowest BCUT2D eigenvalue weighted by molar-refractivity contribution is 0.163. The van der Waals surface area contributed by atoms with Crippen LogP contribution in [0.1, 0.15) is 0 Å². The summed E-state index contributed by atoms with van der Waals surface area (Å²) >= 11 is 1.12. The molecule has 0 amide bonds. The van der Waals surface area contributed by atoms with Gasteiger partial charge in [-0.2, -0.15) is 0 Å². The fourth-order valence-corrected chi connectivity index (χ4v) is 2.80. The predicted octanol–water partition coefficient (Wildman–Crippen LogP) is 1.79. The van der Waals surface area contributed by atoms with Crippen molar-refractivity contribution in [2.75, 3.05) is 0 Å². The maximum atomic E-state index is 12.8. The van der Waals surface area contributed by atoms with Gasteiger partial charge in [0.25, 0.3) is 0 Å². The van der Waals surface area contributed by atoms with E-state index in [-0.39, 0.29) is 15.2 Å². The Bertz CT molecular complexity index is 877. The van der Waals surface area contributed by atoms with Crippen molar-refractivity contribution in [2.24, 2.45) is 0 Å². The third-order valence-corrected chi connectivity index (χ3v) is 3.85. The number of hydrogen-bond donors (Lipinski definition) is 2. The van der Waals surface area contributed by atoms with Gasteiger partial charge in [-0.05, 0) is 23.8 Å². The first-order chi connectivity index (χ1) is 9.06. The second-order valence-corrected chi connectivity index (χ2v) is 4.96. The monoisotopic (exact) mass is 278 g/mol. The Morgan fingerprint density at radius 2 is 1.89 bits per heavy atom. The van der Waals surface area contributed by atoms with Crippen LogP contribution in [0.15, 0.2) is 39.9 Å². The van der Waals surface area contributed by atoms with E-state index < -0.39 is 11.2 Å². The summed E-state index contributed by atoms with van der Waals surface area (Å²) in [6.45, 7) is 0. The van der Waals surface area contributed by atoms with E-state index in [4.69, 9.17) is 0 Å². The average molecular weight is 278 g/mol. The minimum absolute atomic E-state index is 0.0350. The molecule has 0 spiro atoms. The Morgan fingerprint density at radius 1 is 1.21 bits per heavy atom. The fraction of sp³-hybridized carbons (Fsp3) is 0. The number of halogens is 1. The number of hydrogen-bond acceptors (Lipinski definition) is 4. The molecule has 0 bridgehead atoms. The molecule has 2 N–H and O–H groups in total. The highest BCUT2D eigenvalue weighted by Gasteiger charge is 2.11. The van der Waals surface area contributed by atoms with Gasteiger partial charge in [0.05, 0.1) is 5.52 Å². The quantitative estimate of drug-likeness (QED) is 0.666. The zero-order chi connectivity index (χ0) is 13.6. The topological polar surface area (TPSA) is 75.1 Å². The minimum atomic E-state index is -0.888. The molecule has 0 aliphatic heterocycles. The summed E-state index contributed by atoms with van der Waals surface area (Å²) in [5.74, 6) is -0.351. The van der Waals surface area contributed by atoms with E-state index in [1.54, 1.807) is 18.2 Å². The highest BCUT2D eigenvalue weighted by Crippen LogP contribution is 2.30. The zero-order valence-corrected chi connectivity index (χ0v) is 10.2. The van der Waals surface area contributed by atoms with Gasteiger partial charge in [0, 0.05) is 4.88 Å². The number of benzene rings is 1. The van der Waals surface area contributed by atoms with Crippen LogP contribution in [0.3, 0.4) is 0 Å². The van der Waals surface area contributed by atoms with Crippen molar-refractivity contribution in [3.05, 3.63) is 57.0 Å². The molecule has 2 heterocycles. The normalized spacial score (nSPS) is 11.0. The molecule has 5 nitrogen and oxygen atoms in total. The van der Waals surface area contributed by atoms with Crippen molar-refractivity contribution in [1.29, 1.82) is 0 Å². The number of nitrogens with zero attached hydrogens (tertiary/aromatic N) is 1. The second kappa shape index (κ2) is 4.06. The van der Waals surface area contributed by atoms with Crippen molar-refractivity contribution in [3.8, 4) is 10.4 Å². The zero-order valence-electron chi connectivity index (χ0n) is 9.38. The van der Waals surface area contributed by atoms with Crippen molar-refractivity contribution >= 4 is 21.6 Å². The molecule has 96 valence electrons. The van der Waals surface area contributed by atoms with E-state index in [1.165, 1.54) is 12.1 Å². The van der Waals surface area contributed by atoms with Gasteiger partial charge >= 0.3 is 11.2 Å². The first-order valence-electron chi connectivity index (χ1n) is 5.30. The molecule has 0 radical (unpaired) electrons. The molecule has 0 aliphatic rings. The lowest BCUT2D eigenvalue weighted by atomic mass is 10.2. The molecule has 0 aliphatic carbocycles. The van der Waals surface area contributed by atoms with E-state index in [2.05, 4.69) is 4.98 Å². The molecule has 0 atom stereocenters. The molecule has 3 aromatic rings. The van der Waals surface area contributed by atoms with Crippen LogP contribution in [-0.4, -0.2) is 14.9 Å². The summed E-state index contributed by atoms with van der Waals surface area (Å²) < 4.78 is 13.1. The van der Waals surface area contributed by atoms with Gasteiger partial charge in [0.1, 0.15) is 10.5 Å². The van der Waals surface area contributed by atoms with E-state index in [0.29, 0.717) is 10.4 Å². The molecule has 0 fully saturated rings. The minimum Gasteiger partial charge on any atom is -0.421 e. The molecule has 0 saturated carbocycles. The Kier molecular flexibility index (Phi) is 2.49. The van der Waals surface area contributed by atoms with Crippen LogP contribution in [0.2, 0.25) is 0 Å². The number of fused-ring (bicyclic) bond motifs is 1. The predicted molar refractivity (Wildman–Crippen MR) is 69.3 cm³/mol. The van der Waals surface area contributed by atoms with Crippen LogP contribution in [0.4, 0.5) is 4.39 Å². The van der Waals surface area contributed by atoms with Crippen LogP contribution < -0.4 is 11.2 Å². The number of nitrogens with one attached hydrogen (secondary N) is 1. The largest absolute Gasteiger partial charge is 0.421 e. The highest BCUT2D eigenvalue weighted by atomic mass is 32.1. The molecule has 2 aromatic heterocycles. The molecule has 3 rings (SSSR count). The van der Waals surface area contributed by atoms with Crippen LogP contribution >= 0.6 is 11.3 Å². The summed E-state index contributed by atoms with van der Waals surface area (Å²) in [5.41, 5.74) is -0.574. The third-order valence-electron chi connectivity index (χ3n) is 2.68. The lowest BCUT2D eigenvalue weighted by Crippen LogP contribution is -2.32. The highest BCUT2D eigenvalue weighted by molar-refractivity contribution is 7.22. The van der Waals surface area contributed by atoms with E-state index in [1.807, 2.05) is 0 Å². The standard InChI is InChI=1S/C12H7FN2O3S/c13-7-3-1-6(2-4-7)9-5-8-10(19-9)11(16)15(18)12(17)14-8/h1-5,18H,(H,14,17). The summed E-state index contributed by atoms with van der Waals surface area (Å²) in [6.07, 6.45) is 0. The summed E-state index contributed by atoms with van der Waals surface area (Å²) in [5, 5.41) is 9.24. The van der Waals surface area contributed by atoms with Crippen molar-refractivity contribution in [1.82, 2.24) is 9.71 Å². The molecule has 19 heavy (non-hydrogen) atoms. The summed E-state index contributed by atoms with van der Waals surface area (Å²) in [4.78, 5) is 26.0. The summed E-state index contributed by atoms with van der Waals surface area (Å²) in [6, 6.07) is 7.40. The number of H-pyrrole nitrogens is 1. The molecular weight excluding hydrogens is 271 g/mol. The van der Waals surface area contributed by atoms with Gasteiger partial charge < -0.3 is 10.2 Å². The Morgan fingerprint density at radius 3 is 2.58 bits per heavy atom. The van der Waals surface area contributed by atoms with E-state index >= 15 is 0 Å². The van der Waals surface area contributed by atoms with Gasteiger partial charge in [0.2, 0.25) is 0 Å². The number of aromatic nitrogens is 2. The molecule has 0 saturated heterocycles. The fourth-order valence-electron chi connectivity index (χ4n) is 1.76. The Hall–Kier alpha value is -2.41. The van der Waals surface area contributed by atoms with E-state index in [0.717, 1.165) is 16.9 Å². The Balaban J connectivity index is 2.28. The third kappa shape index (κ3) is 1.84. The van der Waals surface area contributed by atoms with Gasteiger partial charge in [-0.1, -0.05) is 16.9 Å². The van der Waals surface area contributed by atoms with E-state index in [9.17, 15) is 19.2 Å². The first-order valence-corrected chi connectivity index (χ1v) is 6.12. The average Bonchev–Trinajstić information content (AvgIpc) is 2.81. The van der Waals surface area contributed by atoms with Gasteiger partial charge in [-0.25, -0.2) is 9.18 Å². The van der Waals surface area contributed by atoms with Crippen LogP contribution in [-0.2, 0) is 0 Å². The van der Waals surface area contributed by atoms with Crippen LogP contribution in [0, 0.1) is 5.82 Å². The molecule has 1 aromatic carbocycles. The SMILES string of the molecule is O=c1[nH]c2cc(-c3ccc(F)cc3)sc2c(=O)n1O. The van der Waals surface area contributed by atoms with Gasteiger partial charge in [-0.15, -0.1) is 11.3 Å². The maximum Gasteiger partial charge on any atom is 0.362 e. The smallest absolute Gasteiger partial charge is 0.362 e. The summed E-state index contributed by atoms with van der Waals surface area (Å²) in [7, 11) is 0. The molecule has 7 heteroatoms. The second-order valence-electron chi connectivity index (χ2n) is 3.91. The van der Waals surface area contributed by atoms with Crippen molar-refractivity contribution in [2.45, 2.75) is 0 Å². The first kappa shape index (κ1) is 11.7.